The Labute approximate surface area is 96.0 Å². The Morgan fingerprint density at radius 1 is 1.29 bits per heavy atom. The maximum atomic E-state index is 12.1. The fourth-order valence-electron chi connectivity index (χ4n) is 0.872. The molecule has 0 spiro atoms. The minimum atomic E-state index is -5.46. The van der Waals surface area contributed by atoms with Gasteiger partial charge in [0.1, 0.15) is 5.76 Å². The van der Waals surface area contributed by atoms with Gasteiger partial charge in [-0.3, -0.25) is 4.72 Å². The Morgan fingerprint density at radius 2 is 1.82 bits per heavy atom. The van der Waals surface area contributed by atoms with Crippen LogP contribution in [-0.2, 0) is 15.4 Å². The van der Waals surface area contributed by atoms with E-state index in [1.54, 1.807) is 20.8 Å². The van der Waals surface area contributed by atoms with Gasteiger partial charge in [-0.1, -0.05) is 25.9 Å². The maximum absolute atomic E-state index is 12.1. The molecule has 1 aromatic rings. The molecule has 9 heteroatoms. The van der Waals surface area contributed by atoms with Crippen molar-refractivity contribution in [2.75, 3.05) is 4.72 Å². The van der Waals surface area contributed by atoms with Crippen LogP contribution in [0.15, 0.2) is 10.6 Å². The highest BCUT2D eigenvalue weighted by atomic mass is 32.2. The summed E-state index contributed by atoms with van der Waals surface area (Å²) in [6.45, 7) is 5.24. The van der Waals surface area contributed by atoms with Gasteiger partial charge < -0.3 is 4.52 Å². The Morgan fingerprint density at radius 3 is 2.18 bits per heavy atom. The predicted molar refractivity (Wildman–Crippen MR) is 53.8 cm³/mol. The van der Waals surface area contributed by atoms with Crippen molar-refractivity contribution < 1.29 is 26.1 Å². The predicted octanol–water partition coefficient (Wildman–Crippen LogP) is 2.23. The molecule has 0 aromatic carbocycles. The second-order valence-electron chi connectivity index (χ2n) is 4.38. The molecule has 17 heavy (non-hydrogen) atoms. The molecule has 0 bridgehead atoms. The number of alkyl halides is 3. The average Bonchev–Trinajstić information content (AvgIpc) is 2.48. The van der Waals surface area contributed by atoms with E-state index in [-0.39, 0.29) is 5.76 Å². The van der Waals surface area contributed by atoms with Gasteiger partial charge in [0.15, 0.2) is 5.82 Å². The standard InChI is InChI=1S/C8H11F3N2O3S/c1-7(2,3)5-4-6(12-16-5)13-17(14,15)8(9,10)11/h4H,1-3H3,(H,12,13). The van der Waals surface area contributed by atoms with Crippen molar-refractivity contribution in [2.45, 2.75) is 31.7 Å². The summed E-state index contributed by atoms with van der Waals surface area (Å²) in [7, 11) is -5.46. The van der Waals surface area contributed by atoms with E-state index in [1.807, 2.05) is 0 Å². The Balaban J connectivity index is 2.96. The molecule has 0 saturated heterocycles. The number of anilines is 1. The third-order valence-electron chi connectivity index (χ3n) is 1.79. The fraction of sp³-hybridized carbons (Fsp3) is 0.625. The molecule has 0 aliphatic rings. The first-order valence-electron chi connectivity index (χ1n) is 4.50. The summed E-state index contributed by atoms with van der Waals surface area (Å²) in [5.74, 6) is -0.218. The molecule has 98 valence electrons. The summed E-state index contributed by atoms with van der Waals surface area (Å²) >= 11 is 0. The highest BCUT2D eigenvalue weighted by molar-refractivity contribution is 7.93. The van der Waals surface area contributed by atoms with Gasteiger partial charge in [-0.25, -0.2) is 0 Å². The van der Waals surface area contributed by atoms with E-state index in [0.29, 0.717) is 0 Å². The van der Waals surface area contributed by atoms with Gasteiger partial charge in [0.25, 0.3) is 0 Å². The monoisotopic (exact) mass is 272 g/mol. The average molecular weight is 272 g/mol. The lowest BCUT2D eigenvalue weighted by atomic mass is 9.93. The first-order chi connectivity index (χ1) is 7.43. The van der Waals surface area contributed by atoms with E-state index in [2.05, 4.69) is 5.16 Å². The van der Waals surface area contributed by atoms with Gasteiger partial charge in [-0.05, 0) is 0 Å². The zero-order valence-corrected chi connectivity index (χ0v) is 10.1. The first kappa shape index (κ1) is 13.8. The van der Waals surface area contributed by atoms with E-state index >= 15 is 0 Å². The van der Waals surface area contributed by atoms with Crippen LogP contribution in [0.5, 0.6) is 0 Å². The number of nitrogens with one attached hydrogen (secondary N) is 1. The van der Waals surface area contributed by atoms with Crippen LogP contribution in [0, 0.1) is 0 Å². The highest BCUT2D eigenvalue weighted by Gasteiger charge is 2.46. The van der Waals surface area contributed by atoms with Gasteiger partial charge in [-0.15, -0.1) is 0 Å². The van der Waals surface area contributed by atoms with Crippen molar-refractivity contribution in [1.29, 1.82) is 0 Å². The van der Waals surface area contributed by atoms with Crippen LogP contribution < -0.4 is 4.72 Å². The lowest BCUT2D eigenvalue weighted by Crippen LogP contribution is -2.30. The van der Waals surface area contributed by atoms with Crippen molar-refractivity contribution in [2.24, 2.45) is 0 Å². The quantitative estimate of drug-likeness (QED) is 0.896. The number of sulfonamides is 1. The number of nitrogens with zero attached hydrogens (tertiary/aromatic N) is 1. The van der Waals surface area contributed by atoms with Crippen LogP contribution in [0.4, 0.5) is 19.0 Å². The summed E-state index contributed by atoms with van der Waals surface area (Å²) in [6, 6.07) is 1.11. The normalized spacial score (nSPS) is 13.8. The molecule has 1 heterocycles. The number of halogens is 3. The van der Waals surface area contributed by atoms with Gasteiger partial charge in [0.2, 0.25) is 0 Å². The van der Waals surface area contributed by atoms with Crippen molar-refractivity contribution in [3.63, 3.8) is 0 Å². The fourth-order valence-corrected chi connectivity index (χ4v) is 1.36. The van der Waals surface area contributed by atoms with Gasteiger partial charge in [0.05, 0.1) is 0 Å². The van der Waals surface area contributed by atoms with Crippen LogP contribution in [0.3, 0.4) is 0 Å². The Bertz CT molecular complexity index is 499. The molecule has 0 saturated carbocycles. The van der Waals surface area contributed by atoms with Crippen LogP contribution in [0.2, 0.25) is 0 Å². The van der Waals surface area contributed by atoms with Gasteiger partial charge >= 0.3 is 15.5 Å². The van der Waals surface area contributed by atoms with E-state index in [9.17, 15) is 21.6 Å². The molecule has 1 rings (SSSR count). The lowest BCUT2D eigenvalue weighted by Gasteiger charge is -2.12. The molecule has 0 fully saturated rings. The minimum absolute atomic E-state index is 0.275. The molecule has 0 aliphatic carbocycles. The molecule has 0 unspecified atom stereocenters. The molecule has 0 atom stereocenters. The second-order valence-corrected chi connectivity index (χ2v) is 6.05. The smallest absolute Gasteiger partial charge is 0.359 e. The summed E-state index contributed by atoms with van der Waals surface area (Å²) in [4.78, 5) is 0. The van der Waals surface area contributed by atoms with E-state index in [4.69, 9.17) is 4.52 Å². The Hall–Kier alpha value is -1.25. The Kier molecular flexibility index (Phi) is 3.17. The zero-order valence-electron chi connectivity index (χ0n) is 9.29. The number of hydrogen-bond donors (Lipinski definition) is 1. The first-order valence-corrected chi connectivity index (χ1v) is 5.98. The maximum Gasteiger partial charge on any atom is 0.516 e. The van der Waals surface area contributed by atoms with Crippen LogP contribution in [0.25, 0.3) is 0 Å². The zero-order chi connectivity index (χ0) is 13.5. The van der Waals surface area contributed by atoms with Gasteiger partial charge in [-0.2, -0.15) is 21.6 Å². The van der Waals surface area contributed by atoms with Crippen molar-refractivity contribution in [3.05, 3.63) is 11.8 Å². The molecule has 1 aromatic heterocycles. The highest BCUT2D eigenvalue weighted by Crippen LogP contribution is 2.28. The molecule has 0 radical (unpaired) electrons. The van der Waals surface area contributed by atoms with Crippen molar-refractivity contribution in [3.8, 4) is 0 Å². The van der Waals surface area contributed by atoms with Crippen LogP contribution in [0.1, 0.15) is 26.5 Å². The minimum Gasteiger partial charge on any atom is -0.359 e. The van der Waals surface area contributed by atoms with Crippen LogP contribution in [-0.4, -0.2) is 19.1 Å². The SMILES string of the molecule is CC(C)(C)c1cc(NS(=O)(=O)C(F)(F)F)no1. The third-order valence-corrected chi connectivity index (χ3v) is 2.88. The van der Waals surface area contributed by atoms with E-state index < -0.39 is 26.8 Å². The number of hydrogen-bond acceptors (Lipinski definition) is 4. The largest absolute Gasteiger partial charge is 0.516 e. The van der Waals surface area contributed by atoms with E-state index in [1.165, 1.54) is 4.72 Å². The topological polar surface area (TPSA) is 72.2 Å². The summed E-state index contributed by atoms with van der Waals surface area (Å²) in [5.41, 5.74) is -5.86. The summed E-state index contributed by atoms with van der Waals surface area (Å²) < 4.78 is 63.7. The summed E-state index contributed by atoms with van der Waals surface area (Å²) in [6.07, 6.45) is 0. The lowest BCUT2D eigenvalue weighted by molar-refractivity contribution is -0.0429. The third kappa shape index (κ3) is 3.11. The number of rotatable bonds is 2. The number of aromatic nitrogens is 1. The van der Waals surface area contributed by atoms with E-state index in [0.717, 1.165) is 6.07 Å². The molecule has 5 nitrogen and oxygen atoms in total. The van der Waals surface area contributed by atoms with Crippen molar-refractivity contribution >= 4 is 15.8 Å². The van der Waals surface area contributed by atoms with Gasteiger partial charge in [0, 0.05) is 11.5 Å². The van der Waals surface area contributed by atoms with Crippen LogP contribution >= 0.6 is 0 Å². The summed E-state index contributed by atoms with van der Waals surface area (Å²) in [5, 5.41) is 3.22. The molecular weight excluding hydrogens is 261 g/mol. The second kappa shape index (κ2) is 3.90. The molecule has 1 N–H and O–H groups in total. The van der Waals surface area contributed by atoms with Crippen molar-refractivity contribution in [1.82, 2.24) is 5.16 Å². The molecular formula is C8H11F3N2O3S. The molecule has 0 amide bonds. The molecule has 0 aliphatic heterocycles.